The van der Waals surface area contributed by atoms with Gasteiger partial charge in [-0.3, -0.25) is 9.59 Å². The Balaban J connectivity index is 1.71. The second-order valence-electron chi connectivity index (χ2n) is 5.78. The molecule has 0 aromatic heterocycles. The molecule has 3 rings (SSSR count). The van der Waals surface area contributed by atoms with Gasteiger partial charge in [0.2, 0.25) is 11.8 Å². The highest BCUT2D eigenvalue weighted by Gasteiger charge is 2.45. The van der Waals surface area contributed by atoms with Gasteiger partial charge in [0.25, 0.3) is 0 Å². The fourth-order valence-electron chi connectivity index (χ4n) is 3.84. The summed E-state index contributed by atoms with van der Waals surface area (Å²) in [5.41, 5.74) is 0. The fraction of sp³-hybridized carbons (Fsp3) is 0.846. The van der Waals surface area contributed by atoms with Crippen molar-refractivity contribution in [2.24, 2.45) is 17.8 Å². The number of piperazine rings is 1. The molecule has 17 heavy (non-hydrogen) atoms. The number of hydrogen-bond acceptors (Lipinski definition) is 2. The number of nitrogens with zero attached hydrogens (tertiary/aromatic N) is 1. The number of amides is 2. The molecule has 2 aliphatic carbocycles. The molecular formula is C13H20N2O2. The summed E-state index contributed by atoms with van der Waals surface area (Å²) >= 11 is 0. The van der Waals surface area contributed by atoms with Crippen LogP contribution in [0.4, 0.5) is 0 Å². The highest BCUT2D eigenvalue weighted by molar-refractivity contribution is 5.89. The maximum atomic E-state index is 12.5. The van der Waals surface area contributed by atoms with Gasteiger partial charge in [-0.05, 0) is 38.0 Å². The highest BCUT2D eigenvalue weighted by atomic mass is 16.2. The van der Waals surface area contributed by atoms with Crippen molar-refractivity contribution < 1.29 is 9.59 Å². The Hall–Kier alpha value is -1.06. The van der Waals surface area contributed by atoms with Crippen LogP contribution in [0.3, 0.4) is 0 Å². The third-order valence-electron chi connectivity index (χ3n) is 4.84. The average Bonchev–Trinajstić information content (AvgIpc) is 2.94. The van der Waals surface area contributed by atoms with Crippen molar-refractivity contribution in [1.82, 2.24) is 10.2 Å². The molecule has 1 heterocycles. The Morgan fingerprint density at radius 2 is 2.18 bits per heavy atom. The van der Waals surface area contributed by atoms with Gasteiger partial charge >= 0.3 is 0 Å². The molecule has 0 aromatic carbocycles. The Bertz CT molecular complexity index is 355. The van der Waals surface area contributed by atoms with E-state index in [2.05, 4.69) is 5.32 Å². The van der Waals surface area contributed by atoms with E-state index in [9.17, 15) is 9.59 Å². The van der Waals surface area contributed by atoms with Crippen LogP contribution < -0.4 is 5.32 Å². The van der Waals surface area contributed by atoms with Crippen LogP contribution in [-0.4, -0.2) is 35.8 Å². The minimum Gasteiger partial charge on any atom is -0.353 e. The van der Waals surface area contributed by atoms with E-state index >= 15 is 0 Å². The van der Waals surface area contributed by atoms with Crippen LogP contribution in [0.5, 0.6) is 0 Å². The van der Waals surface area contributed by atoms with E-state index in [0.29, 0.717) is 19.0 Å². The zero-order valence-corrected chi connectivity index (χ0v) is 10.3. The molecule has 1 N–H and O–H groups in total. The number of carbonyl (C=O) groups excluding carboxylic acids is 2. The van der Waals surface area contributed by atoms with Crippen molar-refractivity contribution in [2.75, 3.05) is 13.1 Å². The van der Waals surface area contributed by atoms with Gasteiger partial charge in [0, 0.05) is 19.0 Å². The van der Waals surface area contributed by atoms with Crippen LogP contribution in [-0.2, 0) is 9.59 Å². The van der Waals surface area contributed by atoms with Crippen molar-refractivity contribution in [3.8, 4) is 0 Å². The summed E-state index contributed by atoms with van der Waals surface area (Å²) in [6.45, 7) is 3.12. The second-order valence-corrected chi connectivity index (χ2v) is 5.78. The van der Waals surface area contributed by atoms with Crippen molar-refractivity contribution in [2.45, 2.75) is 38.6 Å². The molecule has 2 saturated carbocycles. The first-order chi connectivity index (χ1) is 8.16. The van der Waals surface area contributed by atoms with E-state index in [0.717, 1.165) is 12.3 Å². The largest absolute Gasteiger partial charge is 0.353 e. The number of nitrogens with one attached hydrogen (secondary N) is 1. The zero-order chi connectivity index (χ0) is 12.0. The van der Waals surface area contributed by atoms with Crippen LogP contribution >= 0.6 is 0 Å². The van der Waals surface area contributed by atoms with Crippen molar-refractivity contribution >= 4 is 11.8 Å². The van der Waals surface area contributed by atoms with Gasteiger partial charge in [-0.15, -0.1) is 0 Å². The number of hydrogen-bond donors (Lipinski definition) is 1. The van der Waals surface area contributed by atoms with Gasteiger partial charge in [-0.2, -0.15) is 0 Å². The van der Waals surface area contributed by atoms with Crippen LogP contribution in [0, 0.1) is 17.8 Å². The van der Waals surface area contributed by atoms with E-state index in [1.54, 1.807) is 4.90 Å². The van der Waals surface area contributed by atoms with Crippen molar-refractivity contribution in [3.05, 3.63) is 0 Å². The molecule has 1 aliphatic heterocycles. The third-order valence-corrected chi connectivity index (χ3v) is 4.84. The maximum Gasteiger partial charge on any atom is 0.242 e. The predicted octanol–water partition coefficient (Wildman–Crippen LogP) is 0.769. The summed E-state index contributed by atoms with van der Waals surface area (Å²) in [6, 6.07) is -0.282. The summed E-state index contributed by atoms with van der Waals surface area (Å²) in [6.07, 6.45) is 4.83. The molecule has 4 unspecified atom stereocenters. The molecule has 0 aromatic rings. The Kier molecular flexibility index (Phi) is 2.60. The molecule has 0 spiro atoms. The molecule has 2 amide bonds. The van der Waals surface area contributed by atoms with E-state index in [1.165, 1.54) is 19.3 Å². The third kappa shape index (κ3) is 1.74. The molecule has 3 fully saturated rings. The van der Waals surface area contributed by atoms with Crippen molar-refractivity contribution in [3.63, 3.8) is 0 Å². The number of rotatable bonds is 1. The standard InChI is InChI=1S/C13H20N2O2/c1-8-12(16)14-4-5-15(8)13(17)11-7-9-2-3-10(11)6-9/h8-11H,2-7H2,1H3,(H,14,16). The molecule has 4 heteroatoms. The van der Waals surface area contributed by atoms with Gasteiger partial charge in [-0.25, -0.2) is 0 Å². The summed E-state index contributed by atoms with van der Waals surface area (Å²) in [4.78, 5) is 25.9. The Labute approximate surface area is 102 Å². The molecule has 94 valence electrons. The van der Waals surface area contributed by atoms with E-state index in [1.807, 2.05) is 6.92 Å². The van der Waals surface area contributed by atoms with Gasteiger partial charge in [0.1, 0.15) is 6.04 Å². The minimum atomic E-state index is -0.282. The second kappa shape index (κ2) is 4.00. The summed E-state index contributed by atoms with van der Waals surface area (Å²) in [7, 11) is 0. The number of fused-ring (bicyclic) bond motifs is 2. The lowest BCUT2D eigenvalue weighted by molar-refractivity contribution is -0.146. The lowest BCUT2D eigenvalue weighted by Crippen LogP contribution is -2.57. The van der Waals surface area contributed by atoms with E-state index in [4.69, 9.17) is 0 Å². The molecule has 4 atom stereocenters. The zero-order valence-electron chi connectivity index (χ0n) is 10.3. The molecule has 1 saturated heterocycles. The summed E-state index contributed by atoms with van der Waals surface area (Å²) < 4.78 is 0. The van der Waals surface area contributed by atoms with E-state index < -0.39 is 0 Å². The summed E-state index contributed by atoms with van der Waals surface area (Å²) in [5.74, 6) is 1.82. The first kappa shape index (κ1) is 11.1. The number of carbonyl (C=O) groups is 2. The average molecular weight is 236 g/mol. The SMILES string of the molecule is CC1C(=O)NCCN1C(=O)C1CC2CCC1C2. The normalized spacial score (nSPS) is 40.5. The van der Waals surface area contributed by atoms with Crippen molar-refractivity contribution in [1.29, 1.82) is 0 Å². The van der Waals surface area contributed by atoms with Crippen LogP contribution in [0.15, 0.2) is 0 Å². The Morgan fingerprint density at radius 1 is 1.35 bits per heavy atom. The lowest BCUT2D eigenvalue weighted by atomic mass is 9.87. The molecule has 2 bridgehead atoms. The highest BCUT2D eigenvalue weighted by Crippen LogP contribution is 2.49. The molecule has 3 aliphatic rings. The lowest BCUT2D eigenvalue weighted by Gasteiger charge is -2.36. The molecular weight excluding hydrogens is 216 g/mol. The van der Waals surface area contributed by atoms with Crippen LogP contribution in [0.1, 0.15) is 32.6 Å². The first-order valence-corrected chi connectivity index (χ1v) is 6.75. The Morgan fingerprint density at radius 3 is 2.82 bits per heavy atom. The van der Waals surface area contributed by atoms with Gasteiger partial charge in [0.15, 0.2) is 0 Å². The first-order valence-electron chi connectivity index (χ1n) is 6.75. The van der Waals surface area contributed by atoms with Gasteiger partial charge < -0.3 is 10.2 Å². The van der Waals surface area contributed by atoms with Crippen LogP contribution in [0.25, 0.3) is 0 Å². The van der Waals surface area contributed by atoms with Crippen LogP contribution in [0.2, 0.25) is 0 Å². The summed E-state index contributed by atoms with van der Waals surface area (Å²) in [5, 5.41) is 2.81. The quantitative estimate of drug-likeness (QED) is 0.731. The smallest absolute Gasteiger partial charge is 0.242 e. The fourth-order valence-corrected chi connectivity index (χ4v) is 3.84. The molecule has 4 nitrogen and oxygen atoms in total. The maximum absolute atomic E-state index is 12.5. The monoisotopic (exact) mass is 236 g/mol. The predicted molar refractivity (Wildman–Crippen MR) is 63.1 cm³/mol. The van der Waals surface area contributed by atoms with Gasteiger partial charge in [0.05, 0.1) is 0 Å². The van der Waals surface area contributed by atoms with E-state index in [-0.39, 0.29) is 23.8 Å². The molecule has 0 radical (unpaired) electrons. The minimum absolute atomic E-state index is 0.00671. The topological polar surface area (TPSA) is 49.4 Å². The van der Waals surface area contributed by atoms with Gasteiger partial charge in [-0.1, -0.05) is 6.42 Å².